The molecule has 2 N–H and O–H groups in total. The summed E-state index contributed by atoms with van der Waals surface area (Å²) in [5, 5.41) is 17.9. The van der Waals surface area contributed by atoms with Gasteiger partial charge in [-0.15, -0.1) is 0 Å². The highest BCUT2D eigenvalue weighted by atomic mass is 16.6. The zero-order chi connectivity index (χ0) is 20.7. The smallest absolute Gasteiger partial charge is 0.317 e. The molecule has 0 aliphatic carbocycles. The standard InChI is InChI=1S/C20H30O7/c1-3-5-7-9-11-15(13-17(21)22)19(25)27-20(26)16(14-18(23)24)12-10-8-6-4-2/h3-6,15-16H,7-14H2,1-2H3,(H,21,22)(H,23,24)/b5-3+,6-4+. The lowest BCUT2D eigenvalue weighted by Crippen LogP contribution is -2.28. The van der Waals surface area contributed by atoms with E-state index < -0.39 is 48.6 Å². The molecule has 7 nitrogen and oxygen atoms in total. The largest absolute Gasteiger partial charge is 0.481 e. The average molecular weight is 382 g/mol. The maximum Gasteiger partial charge on any atom is 0.317 e. The third-order valence-corrected chi connectivity index (χ3v) is 4.03. The summed E-state index contributed by atoms with van der Waals surface area (Å²) < 4.78 is 4.85. The Labute approximate surface area is 160 Å². The summed E-state index contributed by atoms with van der Waals surface area (Å²) in [7, 11) is 0. The summed E-state index contributed by atoms with van der Waals surface area (Å²) >= 11 is 0. The van der Waals surface area contributed by atoms with Crippen LogP contribution in [0.2, 0.25) is 0 Å². The number of unbranched alkanes of at least 4 members (excludes halogenated alkanes) is 2. The first-order valence-electron chi connectivity index (χ1n) is 9.23. The number of carboxylic acids is 2. The van der Waals surface area contributed by atoms with Gasteiger partial charge in [0.15, 0.2) is 0 Å². The molecular formula is C20H30O7. The van der Waals surface area contributed by atoms with Crippen molar-refractivity contribution in [1.29, 1.82) is 0 Å². The predicted molar refractivity (Wildman–Crippen MR) is 99.9 cm³/mol. The van der Waals surface area contributed by atoms with Crippen molar-refractivity contribution in [2.75, 3.05) is 0 Å². The molecular weight excluding hydrogens is 352 g/mol. The van der Waals surface area contributed by atoms with Crippen molar-refractivity contribution >= 4 is 23.9 Å². The summed E-state index contributed by atoms with van der Waals surface area (Å²) in [5.41, 5.74) is 0. The zero-order valence-electron chi connectivity index (χ0n) is 16.1. The molecule has 27 heavy (non-hydrogen) atoms. The minimum Gasteiger partial charge on any atom is -0.481 e. The molecule has 0 aliphatic rings. The lowest BCUT2D eigenvalue weighted by Gasteiger charge is -2.16. The van der Waals surface area contributed by atoms with Gasteiger partial charge < -0.3 is 14.9 Å². The number of rotatable bonds is 14. The number of allylic oxidation sites excluding steroid dienone is 4. The highest BCUT2D eigenvalue weighted by molar-refractivity contribution is 5.90. The molecule has 0 fully saturated rings. The normalized spacial score (nSPS) is 13.6. The number of carbonyl (C=O) groups excluding carboxylic acids is 2. The number of carboxylic acid groups (broad SMARTS) is 2. The van der Waals surface area contributed by atoms with Crippen LogP contribution < -0.4 is 0 Å². The fourth-order valence-electron chi connectivity index (χ4n) is 2.59. The number of hydrogen-bond donors (Lipinski definition) is 2. The van der Waals surface area contributed by atoms with Crippen molar-refractivity contribution in [1.82, 2.24) is 0 Å². The molecule has 0 spiro atoms. The first-order valence-corrected chi connectivity index (χ1v) is 9.23. The monoisotopic (exact) mass is 382 g/mol. The van der Waals surface area contributed by atoms with Gasteiger partial charge in [-0.2, -0.15) is 0 Å². The Balaban J connectivity index is 4.85. The van der Waals surface area contributed by atoms with Gasteiger partial charge in [0, 0.05) is 0 Å². The third kappa shape index (κ3) is 12.5. The summed E-state index contributed by atoms with van der Waals surface area (Å²) in [6.45, 7) is 3.72. The van der Waals surface area contributed by atoms with Crippen molar-refractivity contribution in [3.63, 3.8) is 0 Å². The lowest BCUT2D eigenvalue weighted by atomic mass is 9.97. The van der Waals surface area contributed by atoms with Crippen molar-refractivity contribution in [2.24, 2.45) is 11.8 Å². The van der Waals surface area contributed by atoms with Gasteiger partial charge in [-0.1, -0.05) is 24.3 Å². The Morgan fingerprint density at radius 3 is 1.44 bits per heavy atom. The maximum atomic E-state index is 12.2. The Morgan fingerprint density at radius 1 is 0.778 bits per heavy atom. The second kappa shape index (κ2) is 14.7. The summed E-state index contributed by atoms with van der Waals surface area (Å²) in [4.78, 5) is 46.4. The second-order valence-corrected chi connectivity index (χ2v) is 6.33. The fourth-order valence-corrected chi connectivity index (χ4v) is 2.59. The molecule has 2 unspecified atom stereocenters. The van der Waals surface area contributed by atoms with E-state index in [2.05, 4.69) is 0 Å². The van der Waals surface area contributed by atoms with Crippen molar-refractivity contribution in [2.45, 2.75) is 65.2 Å². The number of ether oxygens (including phenoxy) is 1. The molecule has 0 amide bonds. The van der Waals surface area contributed by atoms with Gasteiger partial charge in [-0.05, 0) is 52.4 Å². The SMILES string of the molecule is C/C=C/CCCC(CC(=O)O)C(=O)OC(=O)C(CCC/C=C/C)CC(=O)O. The summed E-state index contributed by atoms with van der Waals surface area (Å²) in [5.74, 6) is -5.94. The number of esters is 2. The molecule has 0 aromatic heterocycles. The molecule has 0 saturated heterocycles. The van der Waals surface area contributed by atoms with Gasteiger partial charge in [-0.3, -0.25) is 19.2 Å². The first-order chi connectivity index (χ1) is 12.8. The van der Waals surface area contributed by atoms with E-state index in [9.17, 15) is 19.2 Å². The van der Waals surface area contributed by atoms with Gasteiger partial charge in [0.05, 0.1) is 24.7 Å². The number of hydrogen-bond acceptors (Lipinski definition) is 5. The highest BCUT2D eigenvalue weighted by Crippen LogP contribution is 2.20. The van der Waals surface area contributed by atoms with Crippen LogP contribution in [0.3, 0.4) is 0 Å². The molecule has 0 aromatic carbocycles. The molecule has 0 aliphatic heterocycles. The summed E-state index contributed by atoms with van der Waals surface area (Å²) in [6, 6.07) is 0. The molecule has 0 heterocycles. The van der Waals surface area contributed by atoms with Crippen LogP contribution in [0.5, 0.6) is 0 Å². The quantitative estimate of drug-likeness (QED) is 0.203. The highest BCUT2D eigenvalue weighted by Gasteiger charge is 2.29. The van der Waals surface area contributed by atoms with Gasteiger partial charge in [0.25, 0.3) is 0 Å². The number of aliphatic carboxylic acids is 2. The minimum atomic E-state index is -1.15. The summed E-state index contributed by atoms with van der Waals surface area (Å²) in [6.07, 6.45) is 9.82. The van der Waals surface area contributed by atoms with Crippen LogP contribution in [0.15, 0.2) is 24.3 Å². The Morgan fingerprint density at radius 2 is 1.15 bits per heavy atom. The van der Waals surface area contributed by atoms with E-state index in [-0.39, 0.29) is 12.8 Å². The van der Waals surface area contributed by atoms with Crippen LogP contribution in [-0.4, -0.2) is 34.1 Å². The van der Waals surface area contributed by atoms with Gasteiger partial charge >= 0.3 is 23.9 Å². The Kier molecular flexibility index (Phi) is 13.4. The third-order valence-electron chi connectivity index (χ3n) is 4.03. The van der Waals surface area contributed by atoms with E-state index in [1.54, 1.807) is 0 Å². The van der Waals surface area contributed by atoms with E-state index in [0.717, 1.165) is 0 Å². The van der Waals surface area contributed by atoms with E-state index in [0.29, 0.717) is 25.7 Å². The Bertz CT molecular complexity index is 501. The van der Waals surface area contributed by atoms with Crippen LogP contribution in [-0.2, 0) is 23.9 Å². The molecule has 0 aromatic rings. The van der Waals surface area contributed by atoms with Crippen molar-refractivity contribution in [3.8, 4) is 0 Å². The fraction of sp³-hybridized carbons (Fsp3) is 0.600. The molecule has 0 bridgehead atoms. The zero-order valence-corrected chi connectivity index (χ0v) is 16.1. The van der Waals surface area contributed by atoms with Crippen LogP contribution in [0.1, 0.15) is 65.2 Å². The van der Waals surface area contributed by atoms with Gasteiger partial charge in [0.1, 0.15) is 0 Å². The predicted octanol–water partition coefficient (Wildman–Crippen LogP) is 3.73. The maximum absolute atomic E-state index is 12.2. The molecule has 0 saturated carbocycles. The van der Waals surface area contributed by atoms with E-state index in [1.807, 2.05) is 38.2 Å². The minimum absolute atomic E-state index is 0.285. The van der Waals surface area contributed by atoms with Crippen molar-refractivity contribution in [3.05, 3.63) is 24.3 Å². The van der Waals surface area contributed by atoms with Gasteiger partial charge in [0.2, 0.25) is 0 Å². The molecule has 0 radical (unpaired) electrons. The number of carbonyl (C=O) groups is 4. The van der Waals surface area contributed by atoms with E-state index >= 15 is 0 Å². The topological polar surface area (TPSA) is 118 Å². The van der Waals surface area contributed by atoms with E-state index in [4.69, 9.17) is 14.9 Å². The molecule has 7 heteroatoms. The molecule has 152 valence electrons. The van der Waals surface area contributed by atoms with Crippen LogP contribution in [0.25, 0.3) is 0 Å². The Hall–Kier alpha value is -2.44. The molecule has 0 rings (SSSR count). The lowest BCUT2D eigenvalue weighted by molar-refractivity contribution is -0.169. The second-order valence-electron chi connectivity index (χ2n) is 6.33. The average Bonchev–Trinajstić information content (AvgIpc) is 2.59. The van der Waals surface area contributed by atoms with E-state index in [1.165, 1.54) is 0 Å². The van der Waals surface area contributed by atoms with Crippen LogP contribution >= 0.6 is 0 Å². The van der Waals surface area contributed by atoms with Crippen LogP contribution in [0.4, 0.5) is 0 Å². The van der Waals surface area contributed by atoms with Crippen LogP contribution in [0, 0.1) is 11.8 Å². The van der Waals surface area contributed by atoms with Gasteiger partial charge in [-0.25, -0.2) is 0 Å². The van der Waals surface area contributed by atoms with Crippen molar-refractivity contribution < 1.29 is 34.1 Å². The first kappa shape index (κ1) is 24.6. The molecule has 2 atom stereocenters.